The van der Waals surface area contributed by atoms with Crippen LogP contribution in [-0.4, -0.2) is 11.6 Å². The maximum atomic E-state index is 5.90. The van der Waals surface area contributed by atoms with Gasteiger partial charge in [0.15, 0.2) is 0 Å². The van der Waals surface area contributed by atoms with Gasteiger partial charge in [-0.3, -0.25) is 0 Å². The molecule has 1 fully saturated rings. The van der Waals surface area contributed by atoms with Crippen LogP contribution in [0.25, 0.3) is 0 Å². The Balaban J connectivity index is 1.65. The van der Waals surface area contributed by atoms with Crippen molar-refractivity contribution in [2.75, 3.05) is 0 Å². The van der Waals surface area contributed by atoms with Crippen molar-refractivity contribution in [3.8, 4) is 5.75 Å². The molecule has 0 spiro atoms. The van der Waals surface area contributed by atoms with Crippen LogP contribution in [0.15, 0.2) is 18.2 Å². The van der Waals surface area contributed by atoms with E-state index in [9.17, 15) is 0 Å². The van der Waals surface area contributed by atoms with Crippen LogP contribution in [0.2, 0.25) is 0 Å². The summed E-state index contributed by atoms with van der Waals surface area (Å²) >= 11 is 0. The number of hydrogen-bond acceptors (Lipinski definition) is 2. The van der Waals surface area contributed by atoms with Crippen LogP contribution in [0, 0.1) is 5.41 Å². The van der Waals surface area contributed by atoms with E-state index in [1.54, 1.807) is 0 Å². The van der Waals surface area contributed by atoms with Crippen LogP contribution < -0.4 is 10.1 Å². The minimum absolute atomic E-state index is 0.0349. The fraction of sp³-hybridized carbons (Fsp3) is 0.625. The zero-order valence-corrected chi connectivity index (χ0v) is 11.8. The first-order valence-electron chi connectivity index (χ1n) is 6.90. The highest BCUT2D eigenvalue weighted by molar-refractivity contribution is 5.41. The van der Waals surface area contributed by atoms with Gasteiger partial charge in [-0.2, -0.15) is 0 Å². The first kappa shape index (κ1) is 12.0. The fourth-order valence-corrected chi connectivity index (χ4v) is 2.83. The Bertz CT molecular complexity index is 476. The summed E-state index contributed by atoms with van der Waals surface area (Å²) in [5.41, 5.74) is 3.20. The molecule has 0 bridgehead atoms. The summed E-state index contributed by atoms with van der Waals surface area (Å²) in [6.45, 7) is 9.92. The monoisotopic (exact) mass is 245 g/mol. The molecular weight excluding hydrogens is 222 g/mol. The van der Waals surface area contributed by atoms with Crippen LogP contribution in [0.5, 0.6) is 5.75 Å². The number of nitrogens with one attached hydrogen (secondary N) is 1. The lowest BCUT2D eigenvalue weighted by Gasteiger charge is -2.16. The smallest absolute Gasteiger partial charge is 0.123 e. The normalized spacial score (nSPS) is 26.6. The van der Waals surface area contributed by atoms with Crippen LogP contribution >= 0.6 is 0 Å². The van der Waals surface area contributed by atoms with Gasteiger partial charge in [0, 0.05) is 19.0 Å². The fourth-order valence-electron chi connectivity index (χ4n) is 2.83. The van der Waals surface area contributed by atoms with Crippen molar-refractivity contribution < 1.29 is 4.74 Å². The summed E-state index contributed by atoms with van der Waals surface area (Å²) in [4.78, 5) is 0. The van der Waals surface area contributed by atoms with E-state index in [0.29, 0.717) is 11.5 Å². The van der Waals surface area contributed by atoms with E-state index >= 15 is 0 Å². The molecule has 1 aromatic rings. The van der Waals surface area contributed by atoms with Crippen LogP contribution in [0.3, 0.4) is 0 Å². The van der Waals surface area contributed by atoms with Crippen molar-refractivity contribution >= 4 is 0 Å². The van der Waals surface area contributed by atoms with E-state index in [-0.39, 0.29) is 5.60 Å². The second-order valence-electron chi connectivity index (χ2n) is 7.11. The molecule has 1 saturated carbocycles. The maximum Gasteiger partial charge on any atom is 0.123 e. The molecule has 1 N–H and O–H groups in total. The highest BCUT2D eigenvalue weighted by Gasteiger charge is 2.45. The van der Waals surface area contributed by atoms with Crippen molar-refractivity contribution in [1.29, 1.82) is 0 Å². The Hall–Kier alpha value is -1.02. The highest BCUT2D eigenvalue weighted by Crippen LogP contribution is 2.44. The van der Waals surface area contributed by atoms with E-state index < -0.39 is 0 Å². The predicted molar refractivity (Wildman–Crippen MR) is 73.9 cm³/mol. The van der Waals surface area contributed by atoms with Gasteiger partial charge in [0.2, 0.25) is 0 Å². The summed E-state index contributed by atoms with van der Waals surface area (Å²) in [6.07, 6.45) is 2.32. The molecule has 0 aromatic heterocycles. The Morgan fingerprint density at radius 3 is 2.67 bits per heavy atom. The van der Waals surface area contributed by atoms with Gasteiger partial charge in [0.25, 0.3) is 0 Å². The quantitative estimate of drug-likeness (QED) is 0.882. The zero-order valence-electron chi connectivity index (χ0n) is 11.8. The lowest BCUT2D eigenvalue weighted by molar-refractivity contribution is 0.138. The number of ether oxygens (including phenoxy) is 1. The Morgan fingerprint density at radius 2 is 2.00 bits per heavy atom. The number of fused-ring (bicyclic) bond motifs is 1. The molecule has 2 nitrogen and oxygen atoms in total. The molecular formula is C16H23NO. The molecule has 98 valence electrons. The van der Waals surface area contributed by atoms with Gasteiger partial charge in [-0.15, -0.1) is 0 Å². The van der Waals surface area contributed by atoms with E-state index in [4.69, 9.17) is 4.74 Å². The molecule has 2 aliphatic rings. The first-order valence-corrected chi connectivity index (χ1v) is 6.90. The Morgan fingerprint density at radius 1 is 1.28 bits per heavy atom. The SMILES string of the molecule is CC1(C)Cc2cc(CNC3CC3(C)C)ccc2O1. The Kier molecular flexibility index (Phi) is 2.50. The summed E-state index contributed by atoms with van der Waals surface area (Å²) < 4.78 is 5.90. The van der Waals surface area contributed by atoms with Gasteiger partial charge in [0.05, 0.1) is 0 Å². The van der Waals surface area contributed by atoms with E-state index in [1.165, 1.54) is 17.5 Å². The van der Waals surface area contributed by atoms with Crippen molar-refractivity contribution in [2.24, 2.45) is 5.41 Å². The Labute approximate surface area is 110 Å². The van der Waals surface area contributed by atoms with Gasteiger partial charge in [-0.1, -0.05) is 26.0 Å². The van der Waals surface area contributed by atoms with Crippen LogP contribution in [-0.2, 0) is 13.0 Å². The highest BCUT2D eigenvalue weighted by atomic mass is 16.5. The molecule has 0 saturated heterocycles. The number of benzene rings is 1. The molecule has 1 aliphatic carbocycles. The molecule has 18 heavy (non-hydrogen) atoms. The average molecular weight is 245 g/mol. The molecule has 1 aromatic carbocycles. The molecule has 0 radical (unpaired) electrons. The largest absolute Gasteiger partial charge is 0.487 e. The predicted octanol–water partition coefficient (Wildman–Crippen LogP) is 3.29. The first-order chi connectivity index (χ1) is 8.36. The maximum absolute atomic E-state index is 5.90. The topological polar surface area (TPSA) is 21.3 Å². The van der Waals surface area contributed by atoms with Gasteiger partial charge < -0.3 is 10.1 Å². The van der Waals surface area contributed by atoms with E-state index in [1.807, 2.05) is 0 Å². The minimum atomic E-state index is -0.0349. The summed E-state index contributed by atoms with van der Waals surface area (Å²) in [7, 11) is 0. The van der Waals surface area contributed by atoms with Crippen molar-refractivity contribution in [3.05, 3.63) is 29.3 Å². The van der Waals surface area contributed by atoms with Crippen LogP contribution in [0.1, 0.15) is 45.2 Å². The molecule has 1 aliphatic heterocycles. The molecule has 3 rings (SSSR count). The second kappa shape index (κ2) is 3.74. The van der Waals surface area contributed by atoms with Crippen LogP contribution in [0.4, 0.5) is 0 Å². The summed E-state index contributed by atoms with van der Waals surface area (Å²) in [6, 6.07) is 7.30. The summed E-state index contributed by atoms with van der Waals surface area (Å²) in [5, 5.41) is 3.63. The molecule has 1 atom stereocenters. The van der Waals surface area contributed by atoms with Crippen molar-refractivity contribution in [1.82, 2.24) is 5.32 Å². The second-order valence-corrected chi connectivity index (χ2v) is 7.11. The standard InChI is InChI=1S/C16H23NO/c1-15(2)9-14(15)17-10-11-5-6-13-12(7-11)8-16(3,4)18-13/h5-7,14,17H,8-10H2,1-4H3. The summed E-state index contributed by atoms with van der Waals surface area (Å²) in [5.74, 6) is 1.07. The minimum Gasteiger partial charge on any atom is -0.487 e. The average Bonchev–Trinajstić information content (AvgIpc) is 2.73. The molecule has 2 heteroatoms. The van der Waals surface area contributed by atoms with E-state index in [2.05, 4.69) is 51.2 Å². The number of rotatable bonds is 3. The van der Waals surface area contributed by atoms with E-state index in [0.717, 1.165) is 18.7 Å². The molecule has 0 amide bonds. The van der Waals surface area contributed by atoms with Gasteiger partial charge >= 0.3 is 0 Å². The lowest BCUT2D eigenvalue weighted by Crippen LogP contribution is -2.24. The lowest BCUT2D eigenvalue weighted by atomic mass is 10.0. The van der Waals surface area contributed by atoms with Gasteiger partial charge in [-0.25, -0.2) is 0 Å². The van der Waals surface area contributed by atoms with Gasteiger partial charge in [0.1, 0.15) is 11.4 Å². The molecule has 1 unspecified atom stereocenters. The number of hydrogen-bond donors (Lipinski definition) is 1. The van der Waals surface area contributed by atoms with Gasteiger partial charge in [-0.05, 0) is 42.9 Å². The van der Waals surface area contributed by atoms with Crippen molar-refractivity contribution in [3.63, 3.8) is 0 Å². The van der Waals surface area contributed by atoms with Crippen molar-refractivity contribution in [2.45, 2.75) is 58.7 Å². The zero-order chi connectivity index (χ0) is 13.0. The third kappa shape index (κ3) is 2.26. The third-order valence-corrected chi connectivity index (χ3v) is 4.19. The third-order valence-electron chi connectivity index (χ3n) is 4.19. The molecule has 1 heterocycles.